The highest BCUT2D eigenvalue weighted by Crippen LogP contribution is 2.22. The summed E-state index contributed by atoms with van der Waals surface area (Å²) >= 11 is 0. The third kappa shape index (κ3) is 4.13. The van der Waals surface area contributed by atoms with Gasteiger partial charge in [0.1, 0.15) is 0 Å². The molecule has 2 rings (SSSR count). The summed E-state index contributed by atoms with van der Waals surface area (Å²) < 4.78 is 0. The van der Waals surface area contributed by atoms with Crippen LogP contribution < -0.4 is 5.32 Å². The number of nitrogens with zero attached hydrogens (tertiary/aromatic N) is 1. The number of pyridine rings is 1. The molecule has 0 atom stereocenters. The minimum Gasteiger partial charge on any atom is -0.352 e. The molecule has 0 aliphatic heterocycles. The van der Waals surface area contributed by atoms with Gasteiger partial charge < -0.3 is 5.32 Å². The van der Waals surface area contributed by atoms with Crippen molar-refractivity contribution in [3.63, 3.8) is 0 Å². The number of carbonyl (C=O) groups excluding carboxylic acids is 1. The van der Waals surface area contributed by atoms with E-state index in [1.54, 1.807) is 12.4 Å². The second kappa shape index (κ2) is 7.14. The normalized spacial score (nSPS) is 17.8. The lowest BCUT2D eigenvalue weighted by Crippen LogP contribution is -2.30. The van der Waals surface area contributed by atoms with Crippen molar-refractivity contribution in [3.05, 3.63) is 30.1 Å². The van der Waals surface area contributed by atoms with E-state index < -0.39 is 0 Å². The van der Waals surface area contributed by atoms with Crippen LogP contribution in [0.2, 0.25) is 0 Å². The fourth-order valence-electron chi connectivity index (χ4n) is 2.55. The third-order valence-corrected chi connectivity index (χ3v) is 3.67. The van der Waals surface area contributed by atoms with Crippen LogP contribution in [0.1, 0.15) is 50.5 Å². The van der Waals surface area contributed by atoms with E-state index >= 15 is 0 Å². The van der Waals surface area contributed by atoms with Gasteiger partial charge in [0.15, 0.2) is 0 Å². The highest BCUT2D eigenvalue weighted by Gasteiger charge is 2.18. The Balaban J connectivity index is 1.79. The standard InChI is InChI=1S/C15H22N2O/c18-15(14-8-4-2-1-3-5-9-14)17-12-13-7-6-10-16-11-13/h6-7,10-11,14H,1-5,8-9,12H2,(H,17,18). The van der Waals surface area contributed by atoms with Gasteiger partial charge in [-0.1, -0.05) is 38.2 Å². The Morgan fingerprint density at radius 1 is 1.22 bits per heavy atom. The van der Waals surface area contributed by atoms with Crippen molar-refractivity contribution in [1.82, 2.24) is 10.3 Å². The van der Waals surface area contributed by atoms with Crippen molar-refractivity contribution in [2.24, 2.45) is 5.92 Å². The van der Waals surface area contributed by atoms with Crippen molar-refractivity contribution in [3.8, 4) is 0 Å². The second-order valence-electron chi connectivity index (χ2n) is 5.12. The van der Waals surface area contributed by atoms with Crippen molar-refractivity contribution >= 4 is 5.91 Å². The van der Waals surface area contributed by atoms with Crippen LogP contribution in [0.15, 0.2) is 24.5 Å². The molecule has 3 heteroatoms. The van der Waals surface area contributed by atoms with Crippen LogP contribution in [-0.2, 0) is 11.3 Å². The van der Waals surface area contributed by atoms with Gasteiger partial charge in [0.05, 0.1) is 0 Å². The van der Waals surface area contributed by atoms with Crippen molar-refractivity contribution in [2.75, 3.05) is 0 Å². The first-order valence-electron chi connectivity index (χ1n) is 7.03. The molecule has 1 amide bonds. The molecule has 18 heavy (non-hydrogen) atoms. The number of nitrogens with one attached hydrogen (secondary N) is 1. The Morgan fingerprint density at radius 2 is 1.94 bits per heavy atom. The summed E-state index contributed by atoms with van der Waals surface area (Å²) in [5.74, 6) is 0.447. The summed E-state index contributed by atoms with van der Waals surface area (Å²) in [4.78, 5) is 16.2. The van der Waals surface area contributed by atoms with Gasteiger partial charge in [-0.15, -0.1) is 0 Å². The number of hydrogen-bond acceptors (Lipinski definition) is 2. The number of aromatic nitrogens is 1. The molecule has 3 nitrogen and oxygen atoms in total. The molecule has 1 saturated carbocycles. The Bertz CT molecular complexity index is 356. The smallest absolute Gasteiger partial charge is 0.223 e. The lowest BCUT2D eigenvalue weighted by Gasteiger charge is -2.19. The van der Waals surface area contributed by atoms with Crippen molar-refractivity contribution < 1.29 is 4.79 Å². The molecule has 0 saturated heterocycles. The first-order valence-corrected chi connectivity index (χ1v) is 7.03. The molecule has 0 spiro atoms. The van der Waals surface area contributed by atoms with Crippen LogP contribution in [0, 0.1) is 5.92 Å². The summed E-state index contributed by atoms with van der Waals surface area (Å²) in [6.45, 7) is 0.600. The fourth-order valence-corrected chi connectivity index (χ4v) is 2.55. The molecule has 0 bridgehead atoms. The topological polar surface area (TPSA) is 42.0 Å². The fraction of sp³-hybridized carbons (Fsp3) is 0.600. The predicted molar refractivity (Wildman–Crippen MR) is 71.9 cm³/mol. The zero-order valence-corrected chi connectivity index (χ0v) is 10.9. The van der Waals surface area contributed by atoms with E-state index in [1.165, 1.54) is 32.1 Å². The lowest BCUT2D eigenvalue weighted by atomic mass is 9.90. The second-order valence-corrected chi connectivity index (χ2v) is 5.12. The summed E-state index contributed by atoms with van der Waals surface area (Å²) in [5.41, 5.74) is 1.07. The summed E-state index contributed by atoms with van der Waals surface area (Å²) in [6.07, 6.45) is 12.0. The van der Waals surface area contributed by atoms with Gasteiger partial charge in [0.25, 0.3) is 0 Å². The van der Waals surface area contributed by atoms with Gasteiger partial charge in [-0.05, 0) is 24.5 Å². The van der Waals surface area contributed by atoms with Crippen LogP contribution in [0.3, 0.4) is 0 Å². The van der Waals surface area contributed by atoms with E-state index in [9.17, 15) is 4.79 Å². The number of rotatable bonds is 3. The largest absolute Gasteiger partial charge is 0.352 e. The van der Waals surface area contributed by atoms with E-state index in [2.05, 4.69) is 10.3 Å². The van der Waals surface area contributed by atoms with Gasteiger partial charge in [-0.2, -0.15) is 0 Å². The van der Waals surface area contributed by atoms with E-state index in [0.29, 0.717) is 6.54 Å². The van der Waals surface area contributed by atoms with E-state index in [4.69, 9.17) is 0 Å². The molecular weight excluding hydrogens is 224 g/mol. The first-order chi connectivity index (χ1) is 8.86. The molecule has 1 aromatic heterocycles. The summed E-state index contributed by atoms with van der Waals surface area (Å²) in [6, 6.07) is 3.89. The molecule has 0 unspecified atom stereocenters. The third-order valence-electron chi connectivity index (χ3n) is 3.67. The Kier molecular flexibility index (Phi) is 5.18. The zero-order chi connectivity index (χ0) is 12.6. The van der Waals surface area contributed by atoms with Gasteiger partial charge in [0, 0.05) is 24.9 Å². The van der Waals surface area contributed by atoms with Gasteiger partial charge >= 0.3 is 0 Å². The lowest BCUT2D eigenvalue weighted by molar-refractivity contribution is -0.125. The monoisotopic (exact) mass is 246 g/mol. The van der Waals surface area contributed by atoms with Crippen molar-refractivity contribution in [2.45, 2.75) is 51.5 Å². The number of carbonyl (C=O) groups is 1. The number of hydrogen-bond donors (Lipinski definition) is 1. The van der Waals surface area contributed by atoms with Crippen LogP contribution in [0.5, 0.6) is 0 Å². The van der Waals surface area contributed by atoms with Crippen molar-refractivity contribution in [1.29, 1.82) is 0 Å². The minimum atomic E-state index is 0.223. The van der Waals surface area contributed by atoms with Gasteiger partial charge in [0.2, 0.25) is 5.91 Å². The average Bonchev–Trinajstić information content (AvgIpc) is 2.37. The summed E-state index contributed by atoms with van der Waals surface area (Å²) in [5, 5.41) is 3.04. The quantitative estimate of drug-likeness (QED) is 0.890. The van der Waals surface area contributed by atoms with Crippen LogP contribution in [0.25, 0.3) is 0 Å². The Labute approximate surface area is 109 Å². The molecule has 1 aliphatic rings. The van der Waals surface area contributed by atoms with Crippen LogP contribution in [0.4, 0.5) is 0 Å². The SMILES string of the molecule is O=C(NCc1cccnc1)C1CCCCCCC1. The molecule has 98 valence electrons. The summed E-state index contributed by atoms with van der Waals surface area (Å²) in [7, 11) is 0. The zero-order valence-electron chi connectivity index (χ0n) is 10.9. The van der Waals surface area contributed by atoms with E-state index in [-0.39, 0.29) is 11.8 Å². The number of amides is 1. The van der Waals surface area contributed by atoms with Crippen LogP contribution >= 0.6 is 0 Å². The molecular formula is C15H22N2O. The minimum absolute atomic E-state index is 0.223. The average molecular weight is 246 g/mol. The molecule has 0 aromatic carbocycles. The molecule has 0 radical (unpaired) electrons. The molecule has 1 N–H and O–H groups in total. The first kappa shape index (κ1) is 13.1. The maximum absolute atomic E-state index is 12.1. The maximum atomic E-state index is 12.1. The molecule has 1 aromatic rings. The molecule has 1 aliphatic carbocycles. The van der Waals surface area contributed by atoms with E-state index in [1.807, 2.05) is 12.1 Å². The van der Waals surface area contributed by atoms with E-state index in [0.717, 1.165) is 18.4 Å². The molecule has 1 fully saturated rings. The Hall–Kier alpha value is -1.38. The highest BCUT2D eigenvalue weighted by atomic mass is 16.1. The van der Waals surface area contributed by atoms with Crippen LogP contribution in [-0.4, -0.2) is 10.9 Å². The Morgan fingerprint density at radius 3 is 2.61 bits per heavy atom. The molecule has 1 heterocycles. The van der Waals surface area contributed by atoms with Gasteiger partial charge in [-0.3, -0.25) is 9.78 Å². The maximum Gasteiger partial charge on any atom is 0.223 e. The predicted octanol–water partition coefficient (Wildman–Crippen LogP) is 3.06. The van der Waals surface area contributed by atoms with Gasteiger partial charge in [-0.25, -0.2) is 0 Å². The highest BCUT2D eigenvalue weighted by molar-refractivity contribution is 5.78.